The molecule has 1 aromatic carbocycles. The van der Waals surface area contributed by atoms with E-state index in [9.17, 15) is 14.7 Å². The van der Waals surface area contributed by atoms with Gasteiger partial charge in [0, 0.05) is 19.4 Å². The van der Waals surface area contributed by atoms with Crippen molar-refractivity contribution < 1.29 is 14.7 Å². The molecular weight excluding hydrogens is 280 g/mol. The second kappa shape index (κ2) is 6.08. The number of rotatable bonds is 4. The number of benzene rings is 1. The average Bonchev–Trinajstić information content (AvgIpc) is 3.05. The summed E-state index contributed by atoms with van der Waals surface area (Å²) in [6.07, 6.45) is 1.88. The number of carbonyl (C=O) groups excluding carboxylic acids is 2. The molecule has 0 bridgehead atoms. The fraction of sp³-hybridized carbons (Fsp3) is 0.529. The first-order valence-corrected chi connectivity index (χ1v) is 7.97. The maximum absolute atomic E-state index is 12.6. The molecule has 2 aliphatic rings. The molecule has 1 saturated heterocycles. The summed E-state index contributed by atoms with van der Waals surface area (Å²) in [6, 6.07) is 6.96. The van der Waals surface area contributed by atoms with Gasteiger partial charge < -0.3 is 15.3 Å². The van der Waals surface area contributed by atoms with Gasteiger partial charge in [0.1, 0.15) is 6.04 Å². The second-order valence-corrected chi connectivity index (χ2v) is 6.07. The Hall–Kier alpha value is -1.88. The van der Waals surface area contributed by atoms with Crippen LogP contribution in [0.1, 0.15) is 43.4 Å². The largest absolute Gasteiger partial charge is 0.390 e. The molecule has 2 N–H and O–H groups in total. The van der Waals surface area contributed by atoms with E-state index in [-0.39, 0.29) is 17.9 Å². The highest BCUT2D eigenvalue weighted by Gasteiger charge is 2.36. The van der Waals surface area contributed by atoms with Crippen molar-refractivity contribution in [2.45, 2.75) is 50.8 Å². The van der Waals surface area contributed by atoms with Crippen molar-refractivity contribution in [3.63, 3.8) is 0 Å². The first kappa shape index (κ1) is 15.0. The van der Waals surface area contributed by atoms with E-state index >= 15 is 0 Å². The Morgan fingerprint density at radius 2 is 2.23 bits per heavy atom. The van der Waals surface area contributed by atoms with Crippen LogP contribution in [0, 0.1) is 0 Å². The molecule has 0 aromatic heterocycles. The van der Waals surface area contributed by atoms with Crippen molar-refractivity contribution in [3.05, 3.63) is 35.4 Å². The van der Waals surface area contributed by atoms with Gasteiger partial charge in [-0.1, -0.05) is 31.2 Å². The number of likely N-dealkylation sites (tertiary alicyclic amines) is 1. The fourth-order valence-corrected chi connectivity index (χ4v) is 3.54. The lowest BCUT2D eigenvalue weighted by atomic mass is 10.1. The van der Waals surface area contributed by atoms with Crippen LogP contribution >= 0.6 is 0 Å². The van der Waals surface area contributed by atoms with E-state index in [0.29, 0.717) is 25.8 Å². The number of aliphatic hydroxyl groups excluding tert-OH is 1. The number of fused-ring (bicyclic) bond motifs is 1. The smallest absolute Gasteiger partial charge is 0.243 e. The first-order valence-electron chi connectivity index (χ1n) is 7.97. The van der Waals surface area contributed by atoms with Crippen molar-refractivity contribution in [1.29, 1.82) is 0 Å². The van der Waals surface area contributed by atoms with Gasteiger partial charge in [-0.05, 0) is 24.0 Å². The predicted molar refractivity (Wildman–Crippen MR) is 82.1 cm³/mol. The first-order chi connectivity index (χ1) is 10.6. The van der Waals surface area contributed by atoms with Crippen LogP contribution in [0.3, 0.4) is 0 Å². The zero-order valence-corrected chi connectivity index (χ0v) is 12.8. The van der Waals surface area contributed by atoms with Crippen molar-refractivity contribution in [2.75, 3.05) is 6.54 Å². The Kier molecular flexibility index (Phi) is 4.16. The molecule has 3 rings (SSSR count). The van der Waals surface area contributed by atoms with Crippen LogP contribution < -0.4 is 5.32 Å². The summed E-state index contributed by atoms with van der Waals surface area (Å²) >= 11 is 0. The Morgan fingerprint density at radius 3 is 2.91 bits per heavy atom. The molecule has 1 heterocycles. The molecular formula is C17H22N2O3. The molecule has 118 valence electrons. The number of nitrogens with zero attached hydrogens (tertiary/aromatic N) is 1. The zero-order chi connectivity index (χ0) is 15.7. The Balaban J connectivity index is 1.74. The minimum Gasteiger partial charge on any atom is -0.390 e. The lowest BCUT2D eigenvalue weighted by Crippen LogP contribution is -2.49. The summed E-state index contributed by atoms with van der Waals surface area (Å²) in [5.41, 5.74) is 2.05. The summed E-state index contributed by atoms with van der Waals surface area (Å²) in [4.78, 5) is 26.1. The van der Waals surface area contributed by atoms with Gasteiger partial charge in [0.2, 0.25) is 11.8 Å². The number of amides is 2. The maximum Gasteiger partial charge on any atom is 0.243 e. The van der Waals surface area contributed by atoms with Gasteiger partial charge in [0.25, 0.3) is 0 Å². The monoisotopic (exact) mass is 302 g/mol. The molecule has 3 atom stereocenters. The van der Waals surface area contributed by atoms with E-state index < -0.39 is 12.1 Å². The third-order valence-corrected chi connectivity index (χ3v) is 4.68. The number of hydrogen-bond acceptors (Lipinski definition) is 3. The van der Waals surface area contributed by atoms with Crippen LogP contribution in [0.2, 0.25) is 0 Å². The van der Waals surface area contributed by atoms with E-state index in [4.69, 9.17) is 0 Å². The van der Waals surface area contributed by atoms with Crippen LogP contribution in [0.4, 0.5) is 0 Å². The molecule has 1 fully saturated rings. The molecule has 22 heavy (non-hydrogen) atoms. The highest BCUT2D eigenvalue weighted by Crippen LogP contribution is 2.31. The molecule has 0 saturated carbocycles. The molecule has 1 aromatic rings. The van der Waals surface area contributed by atoms with Gasteiger partial charge in [-0.25, -0.2) is 0 Å². The molecule has 1 aliphatic heterocycles. The predicted octanol–water partition coefficient (Wildman–Crippen LogP) is 1.16. The Labute approximate surface area is 130 Å². The van der Waals surface area contributed by atoms with Gasteiger partial charge in [-0.2, -0.15) is 0 Å². The van der Waals surface area contributed by atoms with Gasteiger partial charge in [-0.15, -0.1) is 0 Å². The van der Waals surface area contributed by atoms with E-state index in [0.717, 1.165) is 17.5 Å². The SMILES string of the molecule is CCC(C(=O)N[C@H]1c2ccccc2C[C@H]1O)N1CCCC1=O. The van der Waals surface area contributed by atoms with Crippen molar-refractivity contribution in [2.24, 2.45) is 0 Å². The summed E-state index contributed by atoms with van der Waals surface area (Å²) in [6.45, 7) is 2.56. The van der Waals surface area contributed by atoms with E-state index in [2.05, 4.69) is 5.32 Å². The number of aliphatic hydroxyl groups is 1. The van der Waals surface area contributed by atoms with Crippen LogP contribution in [0.25, 0.3) is 0 Å². The zero-order valence-electron chi connectivity index (χ0n) is 12.8. The number of nitrogens with one attached hydrogen (secondary N) is 1. The summed E-state index contributed by atoms with van der Waals surface area (Å²) < 4.78 is 0. The second-order valence-electron chi connectivity index (χ2n) is 6.07. The minimum atomic E-state index is -0.604. The highest BCUT2D eigenvalue weighted by molar-refractivity contribution is 5.88. The van der Waals surface area contributed by atoms with Gasteiger partial charge in [-0.3, -0.25) is 9.59 Å². The van der Waals surface area contributed by atoms with E-state index in [1.54, 1.807) is 4.90 Å². The average molecular weight is 302 g/mol. The Bertz CT molecular complexity index is 587. The summed E-state index contributed by atoms with van der Waals surface area (Å²) in [5, 5.41) is 13.2. The normalized spacial score (nSPS) is 25.2. The highest BCUT2D eigenvalue weighted by atomic mass is 16.3. The van der Waals surface area contributed by atoms with Crippen LogP contribution in [0.5, 0.6) is 0 Å². The lowest BCUT2D eigenvalue weighted by molar-refractivity contribution is -0.138. The topological polar surface area (TPSA) is 69.6 Å². The summed E-state index contributed by atoms with van der Waals surface area (Å²) in [7, 11) is 0. The molecule has 5 heteroatoms. The maximum atomic E-state index is 12.6. The molecule has 2 amide bonds. The molecule has 0 spiro atoms. The van der Waals surface area contributed by atoms with Gasteiger partial charge in [0.15, 0.2) is 0 Å². The fourth-order valence-electron chi connectivity index (χ4n) is 3.54. The number of hydrogen-bond donors (Lipinski definition) is 2. The van der Waals surface area contributed by atoms with Crippen LogP contribution in [-0.2, 0) is 16.0 Å². The molecule has 1 aliphatic carbocycles. The third-order valence-electron chi connectivity index (χ3n) is 4.68. The van der Waals surface area contributed by atoms with Crippen LogP contribution in [0.15, 0.2) is 24.3 Å². The molecule has 0 radical (unpaired) electrons. The quantitative estimate of drug-likeness (QED) is 0.877. The lowest BCUT2D eigenvalue weighted by Gasteiger charge is -2.28. The third kappa shape index (κ3) is 2.61. The van der Waals surface area contributed by atoms with Gasteiger partial charge in [0.05, 0.1) is 12.1 Å². The van der Waals surface area contributed by atoms with Crippen LogP contribution in [-0.4, -0.2) is 40.5 Å². The Morgan fingerprint density at radius 1 is 1.45 bits per heavy atom. The van der Waals surface area contributed by atoms with Crippen molar-refractivity contribution >= 4 is 11.8 Å². The molecule has 5 nitrogen and oxygen atoms in total. The van der Waals surface area contributed by atoms with Crippen molar-refractivity contribution in [1.82, 2.24) is 10.2 Å². The van der Waals surface area contributed by atoms with E-state index in [1.807, 2.05) is 31.2 Å². The number of carbonyl (C=O) groups is 2. The van der Waals surface area contributed by atoms with E-state index in [1.165, 1.54) is 0 Å². The standard InChI is InChI=1S/C17H22N2O3/c1-2-13(19-9-5-8-15(19)21)17(22)18-16-12-7-4-3-6-11(12)10-14(16)20/h3-4,6-7,13-14,16,20H,2,5,8-10H2,1H3,(H,18,22)/t13?,14-,16+/m1/s1. The summed E-state index contributed by atoms with van der Waals surface area (Å²) in [5.74, 6) is -0.118. The van der Waals surface area contributed by atoms with Gasteiger partial charge >= 0.3 is 0 Å². The van der Waals surface area contributed by atoms with Crippen molar-refractivity contribution in [3.8, 4) is 0 Å². The molecule has 1 unspecified atom stereocenters. The minimum absolute atomic E-state index is 0.0503.